The molecule has 1 aliphatic heterocycles. The molecule has 150 valence electrons. The van der Waals surface area contributed by atoms with E-state index in [0.717, 1.165) is 23.1 Å². The molecule has 1 saturated heterocycles. The largest absolute Gasteiger partial charge is 0.381 e. The Bertz CT molecular complexity index is 973. The molecule has 1 aromatic heterocycles. The highest BCUT2D eigenvalue weighted by Crippen LogP contribution is 2.20. The molecular formula is C21H28N4O3. The number of carbonyl (C=O) groups excluding carboxylic acids is 1. The monoisotopic (exact) mass is 384 g/mol. The molecule has 7 heteroatoms. The summed E-state index contributed by atoms with van der Waals surface area (Å²) in [7, 11) is 2.93. The molecular weight excluding hydrogens is 356 g/mol. The Morgan fingerprint density at radius 1 is 1.11 bits per heavy atom. The van der Waals surface area contributed by atoms with Gasteiger partial charge in [0.1, 0.15) is 5.69 Å². The molecule has 1 aliphatic rings. The minimum Gasteiger partial charge on any atom is -0.381 e. The van der Waals surface area contributed by atoms with E-state index in [1.165, 1.54) is 30.3 Å². The molecule has 1 atom stereocenters. The predicted molar refractivity (Wildman–Crippen MR) is 110 cm³/mol. The number of likely N-dealkylation sites (tertiary alicyclic amines) is 1. The third kappa shape index (κ3) is 4.03. The van der Waals surface area contributed by atoms with Crippen LogP contribution in [0.4, 0.5) is 5.69 Å². The lowest BCUT2D eigenvalue weighted by Crippen LogP contribution is -2.48. The second-order valence-corrected chi connectivity index (χ2v) is 7.78. The fourth-order valence-electron chi connectivity index (χ4n) is 3.58. The van der Waals surface area contributed by atoms with Crippen molar-refractivity contribution in [3.8, 4) is 0 Å². The van der Waals surface area contributed by atoms with Crippen LogP contribution in [0.3, 0.4) is 0 Å². The lowest BCUT2D eigenvalue weighted by Gasteiger charge is -2.34. The second-order valence-electron chi connectivity index (χ2n) is 7.78. The van der Waals surface area contributed by atoms with Gasteiger partial charge in [0.2, 0.25) is 0 Å². The average molecular weight is 384 g/mol. The lowest BCUT2D eigenvalue weighted by molar-refractivity contribution is 0.0702. The van der Waals surface area contributed by atoms with Gasteiger partial charge in [-0.2, -0.15) is 0 Å². The molecule has 0 aliphatic carbocycles. The SMILES string of the molecule is CC(C)c1ccc(NC2CCCN(C(=O)c3cc(=O)n(C)c(=O)n3C)C2)cc1. The number of aromatic nitrogens is 2. The summed E-state index contributed by atoms with van der Waals surface area (Å²) in [5.74, 6) is 0.209. The minimum atomic E-state index is -0.493. The van der Waals surface area contributed by atoms with Gasteiger partial charge in [-0.3, -0.25) is 18.7 Å². The van der Waals surface area contributed by atoms with E-state index in [0.29, 0.717) is 19.0 Å². The summed E-state index contributed by atoms with van der Waals surface area (Å²) in [6.07, 6.45) is 1.83. The van der Waals surface area contributed by atoms with E-state index in [-0.39, 0.29) is 17.6 Å². The van der Waals surface area contributed by atoms with Crippen LogP contribution in [0.2, 0.25) is 0 Å². The van der Waals surface area contributed by atoms with Crippen LogP contribution in [-0.2, 0) is 14.1 Å². The van der Waals surface area contributed by atoms with Crippen molar-refractivity contribution in [1.82, 2.24) is 14.0 Å². The van der Waals surface area contributed by atoms with E-state index in [4.69, 9.17) is 0 Å². The van der Waals surface area contributed by atoms with Gasteiger partial charge >= 0.3 is 5.69 Å². The molecule has 0 bridgehead atoms. The topological polar surface area (TPSA) is 76.3 Å². The van der Waals surface area contributed by atoms with Crippen molar-refractivity contribution >= 4 is 11.6 Å². The smallest absolute Gasteiger partial charge is 0.331 e. The van der Waals surface area contributed by atoms with Crippen molar-refractivity contribution < 1.29 is 4.79 Å². The Morgan fingerprint density at radius 3 is 2.43 bits per heavy atom. The van der Waals surface area contributed by atoms with Gasteiger partial charge in [-0.25, -0.2) is 4.79 Å². The molecule has 0 saturated carbocycles. The Morgan fingerprint density at radius 2 is 1.79 bits per heavy atom. The molecule has 1 aromatic carbocycles. The number of carbonyl (C=O) groups is 1. The first-order chi connectivity index (χ1) is 13.3. The first kappa shape index (κ1) is 19.9. The number of anilines is 1. The molecule has 0 radical (unpaired) electrons. The van der Waals surface area contributed by atoms with E-state index >= 15 is 0 Å². The maximum Gasteiger partial charge on any atom is 0.331 e. The standard InChI is InChI=1S/C21H28N4O3/c1-14(2)15-7-9-16(10-8-15)22-17-6-5-11-25(13-17)20(27)18-12-19(26)24(4)21(28)23(18)3/h7-10,12,14,17,22H,5-6,11,13H2,1-4H3. The zero-order chi connectivity index (χ0) is 20.4. The fraction of sp³-hybridized carbons (Fsp3) is 0.476. The number of hydrogen-bond acceptors (Lipinski definition) is 4. The lowest BCUT2D eigenvalue weighted by atomic mass is 10.0. The zero-order valence-electron chi connectivity index (χ0n) is 16.9. The third-order valence-corrected chi connectivity index (χ3v) is 5.40. The van der Waals surface area contributed by atoms with Gasteiger partial charge in [0.15, 0.2) is 0 Å². The maximum absolute atomic E-state index is 12.9. The highest BCUT2D eigenvalue weighted by molar-refractivity contribution is 5.92. The Kier molecular flexibility index (Phi) is 5.72. The number of amides is 1. The first-order valence-electron chi connectivity index (χ1n) is 9.70. The average Bonchev–Trinajstić information content (AvgIpc) is 2.69. The maximum atomic E-state index is 12.9. The molecule has 3 rings (SSSR count). The predicted octanol–water partition coefficient (Wildman–Crippen LogP) is 1.92. The summed E-state index contributed by atoms with van der Waals surface area (Å²) >= 11 is 0. The number of nitrogens with one attached hydrogen (secondary N) is 1. The van der Waals surface area contributed by atoms with Gasteiger partial charge in [-0.15, -0.1) is 0 Å². The van der Waals surface area contributed by atoms with Gasteiger partial charge in [-0.05, 0) is 36.5 Å². The second kappa shape index (κ2) is 8.04. The molecule has 2 heterocycles. The number of benzene rings is 1. The molecule has 1 amide bonds. The number of nitrogens with zero attached hydrogens (tertiary/aromatic N) is 3. The molecule has 1 fully saturated rings. The minimum absolute atomic E-state index is 0.131. The summed E-state index contributed by atoms with van der Waals surface area (Å²) in [6, 6.07) is 9.75. The van der Waals surface area contributed by atoms with Gasteiger partial charge in [0.05, 0.1) is 0 Å². The van der Waals surface area contributed by atoms with Gasteiger partial charge < -0.3 is 10.2 Å². The summed E-state index contributed by atoms with van der Waals surface area (Å²) in [4.78, 5) is 38.7. The van der Waals surface area contributed by atoms with Crippen molar-refractivity contribution in [2.45, 2.75) is 38.6 Å². The Balaban J connectivity index is 1.74. The van der Waals surface area contributed by atoms with Crippen LogP contribution in [0, 0.1) is 0 Å². The Labute approximate surface area is 164 Å². The van der Waals surface area contributed by atoms with Crippen molar-refractivity contribution in [3.63, 3.8) is 0 Å². The summed E-state index contributed by atoms with van der Waals surface area (Å²) in [6.45, 7) is 5.48. The number of piperidine rings is 1. The van der Waals surface area contributed by atoms with E-state index in [1.54, 1.807) is 4.90 Å². The molecule has 2 aromatic rings. The van der Waals surface area contributed by atoms with Crippen LogP contribution in [0.25, 0.3) is 0 Å². The molecule has 0 spiro atoms. The van der Waals surface area contributed by atoms with Crippen LogP contribution in [0.15, 0.2) is 39.9 Å². The molecule has 1 unspecified atom stereocenters. The van der Waals surface area contributed by atoms with Crippen molar-refractivity contribution in [1.29, 1.82) is 0 Å². The van der Waals surface area contributed by atoms with Crippen LogP contribution >= 0.6 is 0 Å². The summed E-state index contributed by atoms with van der Waals surface area (Å²) in [5.41, 5.74) is 1.49. The normalized spacial score (nSPS) is 17.0. The van der Waals surface area contributed by atoms with Crippen molar-refractivity contribution in [2.75, 3.05) is 18.4 Å². The van der Waals surface area contributed by atoms with Gasteiger partial charge in [-0.1, -0.05) is 26.0 Å². The van der Waals surface area contributed by atoms with Crippen LogP contribution < -0.4 is 16.6 Å². The van der Waals surface area contributed by atoms with E-state index < -0.39 is 11.2 Å². The third-order valence-electron chi connectivity index (χ3n) is 5.40. The van der Waals surface area contributed by atoms with Gasteiger partial charge in [0, 0.05) is 45.0 Å². The van der Waals surface area contributed by atoms with Gasteiger partial charge in [0.25, 0.3) is 11.5 Å². The number of hydrogen-bond donors (Lipinski definition) is 1. The summed E-state index contributed by atoms with van der Waals surface area (Å²) in [5, 5.41) is 3.50. The fourth-order valence-corrected chi connectivity index (χ4v) is 3.58. The molecule has 7 nitrogen and oxygen atoms in total. The van der Waals surface area contributed by atoms with Crippen LogP contribution in [-0.4, -0.2) is 39.1 Å². The quantitative estimate of drug-likeness (QED) is 0.874. The van der Waals surface area contributed by atoms with E-state index in [1.807, 2.05) is 0 Å². The van der Waals surface area contributed by atoms with Crippen molar-refractivity contribution in [2.24, 2.45) is 14.1 Å². The van der Waals surface area contributed by atoms with Crippen LogP contribution in [0.5, 0.6) is 0 Å². The van der Waals surface area contributed by atoms with E-state index in [9.17, 15) is 14.4 Å². The first-order valence-corrected chi connectivity index (χ1v) is 9.70. The van der Waals surface area contributed by atoms with Crippen molar-refractivity contribution in [3.05, 3.63) is 62.4 Å². The highest BCUT2D eigenvalue weighted by atomic mass is 16.2. The summed E-state index contributed by atoms with van der Waals surface area (Å²) < 4.78 is 2.24. The Hall–Kier alpha value is -2.83. The zero-order valence-corrected chi connectivity index (χ0v) is 16.9. The number of rotatable bonds is 4. The van der Waals surface area contributed by atoms with E-state index in [2.05, 4.69) is 43.4 Å². The van der Waals surface area contributed by atoms with Crippen LogP contribution in [0.1, 0.15) is 48.7 Å². The molecule has 28 heavy (non-hydrogen) atoms. The highest BCUT2D eigenvalue weighted by Gasteiger charge is 2.26. The molecule has 1 N–H and O–H groups in total.